The van der Waals surface area contributed by atoms with Crippen LogP contribution in [0.5, 0.6) is 0 Å². The molecule has 0 amide bonds. The topological polar surface area (TPSA) is 80.3 Å². The highest BCUT2D eigenvalue weighted by atomic mass is 32.2. The van der Waals surface area contributed by atoms with Gasteiger partial charge in [0, 0.05) is 31.5 Å². The predicted molar refractivity (Wildman–Crippen MR) is 81.8 cm³/mol. The molecule has 0 spiro atoms. The van der Waals surface area contributed by atoms with Crippen LogP contribution < -0.4 is 10.0 Å². The number of nitrogens with one attached hydrogen (secondary N) is 2. The monoisotopic (exact) mass is 313 g/mol. The van der Waals surface area contributed by atoms with Crippen molar-refractivity contribution in [2.24, 2.45) is 0 Å². The van der Waals surface area contributed by atoms with Crippen molar-refractivity contribution in [3.8, 4) is 0 Å². The van der Waals surface area contributed by atoms with Crippen molar-refractivity contribution < 1.29 is 13.2 Å². The van der Waals surface area contributed by atoms with Crippen LogP contribution in [0.4, 0.5) is 5.82 Å². The van der Waals surface area contributed by atoms with Gasteiger partial charge in [-0.1, -0.05) is 6.92 Å². The maximum atomic E-state index is 12.4. The van der Waals surface area contributed by atoms with Gasteiger partial charge in [0.05, 0.1) is 11.0 Å². The molecule has 118 valence electrons. The lowest BCUT2D eigenvalue weighted by atomic mass is 10.1. The van der Waals surface area contributed by atoms with Gasteiger partial charge < -0.3 is 10.1 Å². The number of sulfonamides is 1. The fourth-order valence-electron chi connectivity index (χ4n) is 2.31. The predicted octanol–water partition coefficient (Wildman–Crippen LogP) is 1.75. The Balaban J connectivity index is 2.07. The molecule has 1 aliphatic heterocycles. The third kappa shape index (κ3) is 4.39. The molecule has 2 heterocycles. The third-order valence-electron chi connectivity index (χ3n) is 3.46. The third-order valence-corrected chi connectivity index (χ3v) is 5.02. The van der Waals surface area contributed by atoms with Gasteiger partial charge in [-0.15, -0.1) is 0 Å². The van der Waals surface area contributed by atoms with Gasteiger partial charge in [-0.3, -0.25) is 0 Å². The van der Waals surface area contributed by atoms with Crippen molar-refractivity contribution in [1.29, 1.82) is 0 Å². The van der Waals surface area contributed by atoms with E-state index in [0.717, 1.165) is 25.8 Å². The van der Waals surface area contributed by atoms with E-state index in [0.29, 0.717) is 12.4 Å². The van der Waals surface area contributed by atoms with Crippen molar-refractivity contribution in [3.05, 3.63) is 18.3 Å². The summed E-state index contributed by atoms with van der Waals surface area (Å²) in [5, 5.41) is 3.09. The Labute approximate surface area is 126 Å². The Morgan fingerprint density at radius 3 is 3.00 bits per heavy atom. The number of rotatable bonds is 7. The van der Waals surface area contributed by atoms with E-state index in [1.165, 1.54) is 12.3 Å². The lowest BCUT2D eigenvalue weighted by Gasteiger charge is -2.20. The van der Waals surface area contributed by atoms with E-state index < -0.39 is 10.0 Å². The van der Waals surface area contributed by atoms with Crippen LogP contribution in [-0.4, -0.2) is 38.7 Å². The molecule has 1 aromatic heterocycles. The van der Waals surface area contributed by atoms with Gasteiger partial charge in [0.15, 0.2) is 0 Å². The molecule has 6 nitrogen and oxygen atoms in total. The van der Waals surface area contributed by atoms with Gasteiger partial charge in [-0.25, -0.2) is 18.1 Å². The second-order valence-corrected chi connectivity index (χ2v) is 6.98. The lowest BCUT2D eigenvalue weighted by molar-refractivity contribution is 0.0902. The summed E-state index contributed by atoms with van der Waals surface area (Å²) < 4.78 is 33.0. The average Bonchev–Trinajstić information content (AvgIpc) is 2.99. The second-order valence-electron chi connectivity index (χ2n) is 5.26. The van der Waals surface area contributed by atoms with Gasteiger partial charge in [-0.05, 0) is 32.3 Å². The average molecular weight is 313 g/mol. The highest BCUT2D eigenvalue weighted by molar-refractivity contribution is 7.89. The fourth-order valence-corrected chi connectivity index (χ4v) is 3.60. The second kappa shape index (κ2) is 7.20. The fraction of sp³-hybridized carbons (Fsp3) is 0.643. The molecule has 2 unspecified atom stereocenters. The molecule has 0 aromatic carbocycles. The number of hydrogen-bond donors (Lipinski definition) is 2. The summed E-state index contributed by atoms with van der Waals surface area (Å²) in [5.74, 6) is 0.574. The molecule has 2 atom stereocenters. The minimum absolute atomic E-state index is 0.0423. The molecule has 1 fully saturated rings. The standard InChI is InChI=1S/C14H23N3O3S/c1-3-7-15-14-10-12(6-8-16-14)21(18,19)17-11(2)13-5-4-9-20-13/h6,8,10-11,13,17H,3-5,7,9H2,1-2H3,(H,15,16). The number of pyridine rings is 1. The summed E-state index contributed by atoms with van der Waals surface area (Å²) in [7, 11) is -3.55. The first-order valence-corrected chi connectivity index (χ1v) is 8.85. The van der Waals surface area contributed by atoms with Crippen LogP contribution in [0.25, 0.3) is 0 Å². The SMILES string of the molecule is CCCNc1cc(S(=O)(=O)NC(C)C2CCCO2)ccn1. The molecule has 1 aromatic rings. The van der Waals surface area contributed by atoms with Crippen LogP contribution >= 0.6 is 0 Å². The molecule has 0 aliphatic carbocycles. The number of hydrogen-bond acceptors (Lipinski definition) is 5. The maximum Gasteiger partial charge on any atom is 0.241 e. The molecule has 1 saturated heterocycles. The number of nitrogens with zero attached hydrogens (tertiary/aromatic N) is 1. The zero-order valence-corrected chi connectivity index (χ0v) is 13.3. The van der Waals surface area contributed by atoms with Gasteiger partial charge in [-0.2, -0.15) is 0 Å². The minimum Gasteiger partial charge on any atom is -0.377 e. The zero-order valence-electron chi connectivity index (χ0n) is 12.5. The van der Waals surface area contributed by atoms with Gasteiger partial charge in [0.2, 0.25) is 10.0 Å². The molecule has 2 rings (SSSR count). The Bertz CT molecular complexity index is 556. The summed E-state index contributed by atoms with van der Waals surface area (Å²) in [6.07, 6.45) is 4.29. The zero-order chi connectivity index (χ0) is 15.3. The van der Waals surface area contributed by atoms with Crippen molar-refractivity contribution in [3.63, 3.8) is 0 Å². The summed E-state index contributed by atoms with van der Waals surface area (Å²) in [6, 6.07) is 2.82. The normalized spacial score (nSPS) is 20.4. The van der Waals surface area contributed by atoms with Crippen LogP contribution in [0.1, 0.15) is 33.1 Å². The number of anilines is 1. The molecule has 0 radical (unpaired) electrons. The van der Waals surface area contributed by atoms with E-state index in [9.17, 15) is 8.42 Å². The van der Waals surface area contributed by atoms with Gasteiger partial charge in [0.25, 0.3) is 0 Å². The molecular weight excluding hydrogens is 290 g/mol. The highest BCUT2D eigenvalue weighted by Gasteiger charge is 2.27. The summed E-state index contributed by atoms with van der Waals surface area (Å²) in [5.41, 5.74) is 0. The van der Waals surface area contributed by atoms with E-state index in [1.807, 2.05) is 13.8 Å². The summed E-state index contributed by atoms with van der Waals surface area (Å²) in [4.78, 5) is 4.34. The molecule has 0 saturated carbocycles. The van der Waals surface area contributed by atoms with Crippen LogP contribution in [0, 0.1) is 0 Å². The molecular formula is C14H23N3O3S. The maximum absolute atomic E-state index is 12.4. The molecule has 0 bridgehead atoms. The van der Waals surface area contributed by atoms with Crippen LogP contribution in [-0.2, 0) is 14.8 Å². The van der Waals surface area contributed by atoms with Gasteiger partial charge in [0.1, 0.15) is 5.82 Å². The number of aromatic nitrogens is 1. The Morgan fingerprint density at radius 1 is 1.52 bits per heavy atom. The quantitative estimate of drug-likeness (QED) is 0.801. The Kier molecular flexibility index (Phi) is 5.55. The summed E-state index contributed by atoms with van der Waals surface area (Å²) in [6.45, 7) is 5.34. The van der Waals surface area contributed by atoms with Crippen molar-refractivity contribution in [2.45, 2.75) is 50.2 Å². The van der Waals surface area contributed by atoms with Crippen LogP contribution in [0.2, 0.25) is 0 Å². The highest BCUT2D eigenvalue weighted by Crippen LogP contribution is 2.18. The van der Waals surface area contributed by atoms with Crippen LogP contribution in [0.3, 0.4) is 0 Å². The molecule has 7 heteroatoms. The minimum atomic E-state index is -3.55. The van der Waals surface area contributed by atoms with Crippen molar-refractivity contribution in [2.75, 3.05) is 18.5 Å². The van der Waals surface area contributed by atoms with E-state index >= 15 is 0 Å². The first-order chi connectivity index (χ1) is 10.0. The molecule has 1 aliphatic rings. The molecule has 2 N–H and O–H groups in total. The van der Waals surface area contributed by atoms with E-state index in [2.05, 4.69) is 15.0 Å². The lowest BCUT2D eigenvalue weighted by Crippen LogP contribution is -2.40. The Morgan fingerprint density at radius 2 is 2.33 bits per heavy atom. The van der Waals surface area contributed by atoms with Crippen LogP contribution in [0.15, 0.2) is 23.2 Å². The molecule has 21 heavy (non-hydrogen) atoms. The van der Waals surface area contributed by atoms with E-state index in [4.69, 9.17) is 4.74 Å². The largest absolute Gasteiger partial charge is 0.377 e. The first-order valence-electron chi connectivity index (χ1n) is 7.37. The number of ether oxygens (including phenoxy) is 1. The smallest absolute Gasteiger partial charge is 0.241 e. The first kappa shape index (κ1) is 16.2. The summed E-state index contributed by atoms with van der Waals surface area (Å²) >= 11 is 0. The van der Waals surface area contributed by atoms with E-state index in [-0.39, 0.29) is 17.0 Å². The van der Waals surface area contributed by atoms with Crippen molar-refractivity contribution in [1.82, 2.24) is 9.71 Å². The van der Waals surface area contributed by atoms with Crippen molar-refractivity contribution >= 4 is 15.8 Å². The Hall–Kier alpha value is -1.18. The van der Waals surface area contributed by atoms with E-state index in [1.54, 1.807) is 6.07 Å². The van der Waals surface area contributed by atoms with Gasteiger partial charge >= 0.3 is 0 Å².